The van der Waals surface area contributed by atoms with E-state index in [-0.39, 0.29) is 6.04 Å². The van der Waals surface area contributed by atoms with Crippen molar-refractivity contribution in [1.29, 1.82) is 0 Å². The van der Waals surface area contributed by atoms with Gasteiger partial charge in [0.2, 0.25) is 0 Å². The lowest BCUT2D eigenvalue weighted by atomic mass is 10.1. The number of fused-ring (bicyclic) bond motifs is 1. The Morgan fingerprint density at radius 2 is 2.11 bits per heavy atom. The summed E-state index contributed by atoms with van der Waals surface area (Å²) < 4.78 is 7.31. The van der Waals surface area contributed by atoms with Gasteiger partial charge in [0.05, 0.1) is 12.2 Å². The molecule has 0 aliphatic rings. The zero-order valence-electron chi connectivity index (χ0n) is 10.8. The highest BCUT2D eigenvalue weighted by atomic mass is 16.5. The Morgan fingerprint density at radius 3 is 2.67 bits per heavy atom. The summed E-state index contributed by atoms with van der Waals surface area (Å²) in [5, 5.41) is 10.1. The molecule has 2 aromatic rings. The number of carboxylic acid groups (broad SMARTS) is 1. The maximum absolute atomic E-state index is 11.0. The van der Waals surface area contributed by atoms with Gasteiger partial charge in [-0.1, -0.05) is 6.07 Å². The van der Waals surface area contributed by atoms with Gasteiger partial charge in [-0.05, 0) is 32.0 Å². The molecule has 0 atom stereocenters. The lowest BCUT2D eigenvalue weighted by Gasteiger charge is -2.14. The van der Waals surface area contributed by atoms with E-state index < -0.39 is 5.97 Å². The molecule has 1 aromatic carbocycles. The number of carboxylic acids is 1. The molecule has 4 nitrogen and oxygen atoms in total. The molecule has 0 unspecified atom stereocenters. The third kappa shape index (κ3) is 2.11. The smallest absolute Gasteiger partial charge is 0.335 e. The first kappa shape index (κ1) is 12.6. The molecular formula is C14H17NO3. The zero-order valence-corrected chi connectivity index (χ0v) is 10.8. The number of aromatic nitrogens is 1. The fraction of sp³-hybridized carbons (Fsp3) is 0.357. The van der Waals surface area contributed by atoms with Crippen LogP contribution in [0.3, 0.4) is 0 Å². The second-order valence-corrected chi connectivity index (χ2v) is 4.61. The maximum atomic E-state index is 11.0. The van der Waals surface area contributed by atoms with Crippen molar-refractivity contribution in [2.24, 2.45) is 0 Å². The van der Waals surface area contributed by atoms with Crippen LogP contribution in [-0.2, 0) is 11.3 Å². The van der Waals surface area contributed by atoms with Crippen LogP contribution in [0.4, 0.5) is 0 Å². The molecule has 0 aliphatic carbocycles. The summed E-state index contributed by atoms with van der Waals surface area (Å²) in [6, 6.07) is 7.50. The fourth-order valence-corrected chi connectivity index (χ4v) is 2.28. The van der Waals surface area contributed by atoms with Gasteiger partial charge in [0.25, 0.3) is 0 Å². The number of hydrogen-bond donors (Lipinski definition) is 1. The molecule has 1 aromatic heterocycles. The van der Waals surface area contributed by atoms with E-state index in [2.05, 4.69) is 18.4 Å². The van der Waals surface area contributed by atoms with Crippen molar-refractivity contribution in [2.75, 3.05) is 7.11 Å². The molecule has 2 rings (SSSR count). The molecule has 4 heteroatoms. The van der Waals surface area contributed by atoms with Crippen molar-refractivity contribution >= 4 is 16.9 Å². The minimum atomic E-state index is -0.901. The van der Waals surface area contributed by atoms with Crippen molar-refractivity contribution in [3.05, 3.63) is 35.5 Å². The van der Waals surface area contributed by atoms with E-state index in [9.17, 15) is 4.79 Å². The molecule has 96 valence electrons. The first-order chi connectivity index (χ1) is 8.54. The number of carbonyl (C=O) groups is 1. The number of methoxy groups -OCH3 is 1. The van der Waals surface area contributed by atoms with E-state index in [1.54, 1.807) is 19.2 Å². The normalized spacial score (nSPS) is 11.3. The summed E-state index contributed by atoms with van der Waals surface area (Å²) in [5.74, 6) is -0.901. The van der Waals surface area contributed by atoms with Gasteiger partial charge in [0, 0.05) is 29.7 Å². The minimum absolute atomic E-state index is 0.261. The van der Waals surface area contributed by atoms with Gasteiger partial charge in [-0.2, -0.15) is 0 Å². The Bertz CT molecular complexity index is 584. The molecule has 0 spiro atoms. The second-order valence-electron chi connectivity index (χ2n) is 4.61. The molecular weight excluding hydrogens is 230 g/mol. The van der Waals surface area contributed by atoms with Crippen molar-refractivity contribution in [3.8, 4) is 0 Å². The van der Waals surface area contributed by atoms with E-state index in [4.69, 9.17) is 9.84 Å². The van der Waals surface area contributed by atoms with Crippen molar-refractivity contribution < 1.29 is 14.6 Å². The van der Waals surface area contributed by atoms with Crippen LogP contribution in [0.15, 0.2) is 24.3 Å². The maximum Gasteiger partial charge on any atom is 0.335 e. The number of aromatic carboxylic acids is 1. The molecule has 18 heavy (non-hydrogen) atoms. The van der Waals surface area contributed by atoms with Gasteiger partial charge in [0.1, 0.15) is 0 Å². The van der Waals surface area contributed by atoms with E-state index in [0.717, 1.165) is 16.6 Å². The van der Waals surface area contributed by atoms with Crippen LogP contribution in [-0.4, -0.2) is 22.8 Å². The van der Waals surface area contributed by atoms with E-state index in [1.807, 2.05) is 12.1 Å². The predicted octanol–water partition coefficient (Wildman–Crippen LogP) is 3.07. The van der Waals surface area contributed by atoms with Crippen molar-refractivity contribution in [2.45, 2.75) is 26.5 Å². The van der Waals surface area contributed by atoms with Crippen LogP contribution in [0, 0.1) is 0 Å². The molecule has 0 bridgehead atoms. The van der Waals surface area contributed by atoms with Crippen LogP contribution in [0.1, 0.15) is 35.9 Å². The molecule has 1 N–H and O–H groups in total. The Hall–Kier alpha value is -1.81. The van der Waals surface area contributed by atoms with Gasteiger partial charge in [-0.15, -0.1) is 0 Å². The standard InChI is InChI=1S/C14H17NO3/c1-9(2)15-12(8-18-3)6-10-4-5-11(14(16)17)7-13(10)15/h4-7,9H,8H2,1-3H3,(H,16,17). The number of rotatable bonds is 4. The number of nitrogens with zero attached hydrogens (tertiary/aromatic N) is 1. The summed E-state index contributed by atoms with van der Waals surface area (Å²) in [6.45, 7) is 4.67. The topological polar surface area (TPSA) is 51.5 Å². The van der Waals surface area contributed by atoms with E-state index in [0.29, 0.717) is 12.2 Å². The summed E-state index contributed by atoms with van der Waals surface area (Å²) in [6.07, 6.45) is 0. The van der Waals surface area contributed by atoms with Crippen LogP contribution in [0.2, 0.25) is 0 Å². The van der Waals surface area contributed by atoms with Gasteiger partial charge in [0.15, 0.2) is 0 Å². The van der Waals surface area contributed by atoms with Crippen LogP contribution < -0.4 is 0 Å². The van der Waals surface area contributed by atoms with Gasteiger partial charge in [-0.3, -0.25) is 0 Å². The predicted molar refractivity (Wildman–Crippen MR) is 70.0 cm³/mol. The summed E-state index contributed by atoms with van der Waals surface area (Å²) >= 11 is 0. The molecule has 0 radical (unpaired) electrons. The summed E-state index contributed by atoms with van der Waals surface area (Å²) in [5.41, 5.74) is 2.31. The highest BCUT2D eigenvalue weighted by molar-refractivity contribution is 5.93. The molecule has 0 aliphatic heterocycles. The first-order valence-corrected chi connectivity index (χ1v) is 5.90. The van der Waals surface area contributed by atoms with Crippen molar-refractivity contribution in [1.82, 2.24) is 4.57 Å². The average Bonchev–Trinajstić information content (AvgIpc) is 2.66. The average molecular weight is 247 g/mol. The first-order valence-electron chi connectivity index (χ1n) is 5.90. The third-order valence-electron chi connectivity index (χ3n) is 2.98. The lowest BCUT2D eigenvalue weighted by Crippen LogP contribution is -2.06. The Kier molecular flexibility index (Phi) is 3.39. The van der Waals surface area contributed by atoms with Gasteiger partial charge >= 0.3 is 5.97 Å². The lowest BCUT2D eigenvalue weighted by molar-refractivity contribution is 0.0697. The quantitative estimate of drug-likeness (QED) is 0.903. The molecule has 0 fully saturated rings. The van der Waals surface area contributed by atoms with Crippen molar-refractivity contribution in [3.63, 3.8) is 0 Å². The highest BCUT2D eigenvalue weighted by Crippen LogP contribution is 2.25. The van der Waals surface area contributed by atoms with Crippen LogP contribution in [0.25, 0.3) is 10.9 Å². The van der Waals surface area contributed by atoms with Crippen LogP contribution >= 0.6 is 0 Å². The summed E-state index contributed by atoms with van der Waals surface area (Å²) in [4.78, 5) is 11.0. The SMILES string of the molecule is COCc1cc2ccc(C(=O)O)cc2n1C(C)C. The van der Waals surface area contributed by atoms with E-state index in [1.165, 1.54) is 0 Å². The molecule has 0 amide bonds. The Labute approximate surface area is 106 Å². The third-order valence-corrected chi connectivity index (χ3v) is 2.98. The molecule has 0 saturated carbocycles. The summed E-state index contributed by atoms with van der Waals surface area (Å²) in [7, 11) is 1.66. The molecule has 1 heterocycles. The fourth-order valence-electron chi connectivity index (χ4n) is 2.28. The Balaban J connectivity index is 2.67. The second kappa shape index (κ2) is 4.82. The van der Waals surface area contributed by atoms with Gasteiger partial charge in [-0.25, -0.2) is 4.79 Å². The number of hydrogen-bond acceptors (Lipinski definition) is 2. The van der Waals surface area contributed by atoms with Crippen LogP contribution in [0.5, 0.6) is 0 Å². The number of ether oxygens (including phenoxy) is 1. The van der Waals surface area contributed by atoms with Gasteiger partial charge < -0.3 is 14.4 Å². The highest BCUT2D eigenvalue weighted by Gasteiger charge is 2.13. The minimum Gasteiger partial charge on any atom is -0.478 e. The van der Waals surface area contributed by atoms with E-state index >= 15 is 0 Å². The Morgan fingerprint density at radius 1 is 1.39 bits per heavy atom. The molecule has 0 saturated heterocycles. The largest absolute Gasteiger partial charge is 0.478 e. The number of benzene rings is 1. The zero-order chi connectivity index (χ0) is 13.3. The monoisotopic (exact) mass is 247 g/mol.